The highest BCUT2D eigenvalue weighted by Crippen LogP contribution is 2.38. The van der Waals surface area contributed by atoms with E-state index in [2.05, 4.69) is 6.92 Å². The molecule has 2 aliphatic rings. The number of ether oxygens (including phenoxy) is 2. The first-order valence-corrected chi connectivity index (χ1v) is 5.19. The van der Waals surface area contributed by atoms with Crippen molar-refractivity contribution in [3.05, 3.63) is 0 Å². The summed E-state index contributed by atoms with van der Waals surface area (Å²) < 4.78 is 11.2. The lowest BCUT2D eigenvalue weighted by Crippen LogP contribution is -2.25. The van der Waals surface area contributed by atoms with Crippen molar-refractivity contribution in [3.63, 3.8) is 0 Å². The van der Waals surface area contributed by atoms with Gasteiger partial charge in [-0.25, -0.2) is 0 Å². The standard InChI is InChI=1S/C10H18O2/c1-2-3-7-11-8-5-4-6-9-10(8)12-9/h8-10H,2-7H2,1H3. The molecule has 0 radical (unpaired) electrons. The van der Waals surface area contributed by atoms with E-state index in [1.807, 2.05) is 0 Å². The van der Waals surface area contributed by atoms with E-state index in [1.54, 1.807) is 0 Å². The quantitative estimate of drug-likeness (QED) is 0.476. The van der Waals surface area contributed by atoms with Crippen LogP contribution in [-0.4, -0.2) is 24.9 Å². The molecule has 2 nitrogen and oxygen atoms in total. The number of hydrogen-bond donors (Lipinski definition) is 0. The molecule has 1 aliphatic heterocycles. The third-order valence-corrected chi connectivity index (χ3v) is 2.80. The lowest BCUT2D eigenvalue weighted by atomic mass is 9.98. The second-order valence-electron chi connectivity index (χ2n) is 3.83. The van der Waals surface area contributed by atoms with Gasteiger partial charge in [0.05, 0.1) is 12.2 Å². The summed E-state index contributed by atoms with van der Waals surface area (Å²) >= 11 is 0. The summed E-state index contributed by atoms with van der Waals surface area (Å²) in [6, 6.07) is 0. The van der Waals surface area contributed by atoms with Gasteiger partial charge in [0.15, 0.2) is 0 Å². The minimum absolute atomic E-state index is 0.426. The molecule has 12 heavy (non-hydrogen) atoms. The van der Waals surface area contributed by atoms with Crippen molar-refractivity contribution in [2.75, 3.05) is 6.61 Å². The highest BCUT2D eigenvalue weighted by atomic mass is 16.6. The Kier molecular flexibility index (Phi) is 2.66. The second kappa shape index (κ2) is 3.75. The number of rotatable bonds is 4. The third kappa shape index (κ3) is 1.80. The maximum Gasteiger partial charge on any atom is 0.110 e. The van der Waals surface area contributed by atoms with Crippen LogP contribution in [0.1, 0.15) is 39.0 Å². The summed E-state index contributed by atoms with van der Waals surface area (Å²) in [5.41, 5.74) is 0. The zero-order valence-corrected chi connectivity index (χ0v) is 7.79. The van der Waals surface area contributed by atoms with Gasteiger partial charge in [0.25, 0.3) is 0 Å². The largest absolute Gasteiger partial charge is 0.375 e. The minimum atomic E-state index is 0.426. The normalized spacial score (nSPS) is 39.2. The Hall–Kier alpha value is -0.0800. The minimum Gasteiger partial charge on any atom is -0.375 e. The molecule has 0 bridgehead atoms. The van der Waals surface area contributed by atoms with Gasteiger partial charge >= 0.3 is 0 Å². The van der Waals surface area contributed by atoms with Crippen molar-refractivity contribution in [1.29, 1.82) is 0 Å². The number of unbranched alkanes of at least 4 members (excludes halogenated alkanes) is 1. The monoisotopic (exact) mass is 170 g/mol. The Balaban J connectivity index is 1.66. The molecular weight excluding hydrogens is 152 g/mol. The Bertz CT molecular complexity index is 147. The highest BCUT2D eigenvalue weighted by Gasteiger charge is 2.47. The third-order valence-electron chi connectivity index (χ3n) is 2.80. The molecule has 0 spiro atoms. The smallest absolute Gasteiger partial charge is 0.110 e. The SMILES string of the molecule is CCCCOC1CCCC2OC12. The van der Waals surface area contributed by atoms with Crippen molar-refractivity contribution in [2.24, 2.45) is 0 Å². The van der Waals surface area contributed by atoms with Crippen molar-refractivity contribution in [1.82, 2.24) is 0 Å². The molecule has 0 aromatic carbocycles. The van der Waals surface area contributed by atoms with Gasteiger partial charge in [0.1, 0.15) is 6.10 Å². The van der Waals surface area contributed by atoms with Gasteiger partial charge in [0.2, 0.25) is 0 Å². The molecule has 3 unspecified atom stereocenters. The average molecular weight is 170 g/mol. The molecule has 70 valence electrons. The maximum atomic E-state index is 5.75. The summed E-state index contributed by atoms with van der Waals surface area (Å²) in [4.78, 5) is 0. The van der Waals surface area contributed by atoms with Crippen LogP contribution in [0.4, 0.5) is 0 Å². The maximum absolute atomic E-state index is 5.75. The first kappa shape index (κ1) is 8.52. The van der Waals surface area contributed by atoms with Crippen molar-refractivity contribution < 1.29 is 9.47 Å². The number of fused-ring (bicyclic) bond motifs is 1. The molecule has 2 heteroatoms. The highest BCUT2D eigenvalue weighted by molar-refractivity contribution is 4.95. The van der Waals surface area contributed by atoms with Crippen LogP contribution >= 0.6 is 0 Å². The molecule has 2 rings (SSSR count). The van der Waals surface area contributed by atoms with Crippen molar-refractivity contribution in [3.8, 4) is 0 Å². The Labute approximate surface area is 74.2 Å². The lowest BCUT2D eigenvalue weighted by Gasteiger charge is -2.18. The van der Waals surface area contributed by atoms with E-state index in [1.165, 1.54) is 32.1 Å². The predicted molar refractivity (Wildman–Crippen MR) is 47.2 cm³/mol. The molecule has 1 saturated carbocycles. The Morgan fingerprint density at radius 1 is 1.42 bits per heavy atom. The van der Waals surface area contributed by atoms with Crippen LogP contribution in [0.5, 0.6) is 0 Å². The predicted octanol–water partition coefficient (Wildman–Crippen LogP) is 2.12. The molecule has 0 aromatic rings. The summed E-state index contributed by atoms with van der Waals surface area (Å²) in [6.45, 7) is 3.12. The van der Waals surface area contributed by atoms with Crippen molar-refractivity contribution >= 4 is 0 Å². The van der Waals surface area contributed by atoms with E-state index >= 15 is 0 Å². The van der Waals surface area contributed by atoms with Crippen LogP contribution in [0.15, 0.2) is 0 Å². The van der Waals surface area contributed by atoms with Gasteiger partial charge in [0, 0.05) is 6.61 Å². The molecule has 1 heterocycles. The molecule has 2 fully saturated rings. The van der Waals surface area contributed by atoms with Crippen LogP contribution < -0.4 is 0 Å². The fraction of sp³-hybridized carbons (Fsp3) is 1.00. The first-order chi connectivity index (χ1) is 5.92. The fourth-order valence-electron chi connectivity index (χ4n) is 1.96. The van der Waals surface area contributed by atoms with Gasteiger partial charge in [-0.3, -0.25) is 0 Å². The summed E-state index contributed by atoms with van der Waals surface area (Å²) in [6.07, 6.45) is 7.63. The van der Waals surface area contributed by atoms with Gasteiger partial charge in [-0.2, -0.15) is 0 Å². The van der Waals surface area contributed by atoms with Gasteiger partial charge < -0.3 is 9.47 Å². The topological polar surface area (TPSA) is 21.8 Å². The second-order valence-corrected chi connectivity index (χ2v) is 3.83. The first-order valence-electron chi connectivity index (χ1n) is 5.19. The van der Waals surface area contributed by atoms with Gasteiger partial charge in [-0.15, -0.1) is 0 Å². The zero-order valence-electron chi connectivity index (χ0n) is 7.79. The van der Waals surface area contributed by atoms with Crippen LogP contribution in [0.2, 0.25) is 0 Å². The average Bonchev–Trinajstić information content (AvgIpc) is 2.84. The van der Waals surface area contributed by atoms with E-state index in [0.717, 1.165) is 6.61 Å². The molecule has 1 saturated heterocycles. The van der Waals surface area contributed by atoms with E-state index in [0.29, 0.717) is 18.3 Å². The number of hydrogen-bond acceptors (Lipinski definition) is 2. The molecule has 0 aromatic heterocycles. The molecular formula is C10H18O2. The van der Waals surface area contributed by atoms with Crippen LogP contribution in [0.3, 0.4) is 0 Å². The molecule has 0 amide bonds. The zero-order chi connectivity index (χ0) is 8.39. The lowest BCUT2D eigenvalue weighted by molar-refractivity contribution is 0.0235. The number of epoxide rings is 1. The summed E-state index contributed by atoms with van der Waals surface area (Å²) in [5, 5.41) is 0. The van der Waals surface area contributed by atoms with E-state index in [9.17, 15) is 0 Å². The Morgan fingerprint density at radius 2 is 2.33 bits per heavy atom. The fourth-order valence-corrected chi connectivity index (χ4v) is 1.96. The molecule has 0 N–H and O–H groups in total. The van der Waals surface area contributed by atoms with Crippen LogP contribution in [0.25, 0.3) is 0 Å². The van der Waals surface area contributed by atoms with E-state index in [4.69, 9.17) is 9.47 Å². The Morgan fingerprint density at radius 3 is 3.17 bits per heavy atom. The van der Waals surface area contributed by atoms with Crippen LogP contribution in [0, 0.1) is 0 Å². The van der Waals surface area contributed by atoms with E-state index in [-0.39, 0.29) is 0 Å². The summed E-state index contributed by atoms with van der Waals surface area (Å²) in [5.74, 6) is 0. The van der Waals surface area contributed by atoms with Crippen LogP contribution in [-0.2, 0) is 9.47 Å². The van der Waals surface area contributed by atoms with Crippen molar-refractivity contribution in [2.45, 2.75) is 57.3 Å². The van der Waals surface area contributed by atoms with Gasteiger partial charge in [-0.05, 0) is 25.7 Å². The van der Waals surface area contributed by atoms with Gasteiger partial charge in [-0.1, -0.05) is 13.3 Å². The molecule has 1 aliphatic carbocycles. The molecule has 3 atom stereocenters. The van der Waals surface area contributed by atoms with E-state index < -0.39 is 0 Å². The summed E-state index contributed by atoms with van der Waals surface area (Å²) in [7, 11) is 0.